The number of fused-ring (bicyclic) bond motifs is 1. The minimum Gasteiger partial charge on any atom is -0.464 e. The fraction of sp³-hybridized carbons (Fsp3) is 0. The van der Waals surface area contributed by atoms with Crippen molar-refractivity contribution < 1.29 is 4.42 Å². The Labute approximate surface area is 79.6 Å². The number of nitrogen functional groups attached to an aromatic ring is 1. The summed E-state index contributed by atoms with van der Waals surface area (Å²) in [6.07, 6.45) is 1.55. The van der Waals surface area contributed by atoms with Gasteiger partial charge in [0, 0.05) is 10.4 Å². The van der Waals surface area contributed by atoms with Crippen molar-refractivity contribution in [2.24, 2.45) is 5.73 Å². The molecule has 1 aromatic carbocycles. The molecular formula is C9H7ClN2O. The first-order valence-electron chi connectivity index (χ1n) is 3.69. The summed E-state index contributed by atoms with van der Waals surface area (Å²) in [4.78, 5) is 0. The van der Waals surface area contributed by atoms with Crippen LogP contribution in [-0.2, 0) is 0 Å². The smallest absolute Gasteiger partial charge is 0.144 e. The van der Waals surface area contributed by atoms with E-state index in [2.05, 4.69) is 0 Å². The van der Waals surface area contributed by atoms with Gasteiger partial charge < -0.3 is 10.2 Å². The van der Waals surface area contributed by atoms with E-state index in [4.69, 9.17) is 27.2 Å². The average Bonchev–Trinajstić information content (AvgIpc) is 2.49. The van der Waals surface area contributed by atoms with Crippen LogP contribution in [-0.4, -0.2) is 5.84 Å². The minimum atomic E-state index is -0.0394. The van der Waals surface area contributed by atoms with E-state index >= 15 is 0 Å². The Kier molecular flexibility index (Phi) is 1.74. The van der Waals surface area contributed by atoms with Crippen molar-refractivity contribution in [1.82, 2.24) is 0 Å². The average molecular weight is 195 g/mol. The van der Waals surface area contributed by atoms with Crippen molar-refractivity contribution in [3.63, 3.8) is 0 Å². The van der Waals surface area contributed by atoms with Crippen LogP contribution in [0.1, 0.15) is 5.56 Å². The maximum absolute atomic E-state index is 7.31. The number of benzene rings is 1. The highest BCUT2D eigenvalue weighted by molar-refractivity contribution is 6.32. The number of hydrogen-bond acceptors (Lipinski definition) is 2. The van der Waals surface area contributed by atoms with Crippen molar-refractivity contribution in [2.75, 3.05) is 0 Å². The van der Waals surface area contributed by atoms with Crippen LogP contribution in [0.3, 0.4) is 0 Å². The quantitative estimate of drug-likeness (QED) is 0.541. The second kappa shape index (κ2) is 2.78. The van der Waals surface area contributed by atoms with E-state index in [0.717, 1.165) is 5.39 Å². The second-order valence-corrected chi connectivity index (χ2v) is 3.14. The molecule has 3 nitrogen and oxygen atoms in total. The van der Waals surface area contributed by atoms with Crippen molar-refractivity contribution in [3.05, 3.63) is 35.0 Å². The first kappa shape index (κ1) is 8.13. The Morgan fingerprint density at radius 3 is 2.92 bits per heavy atom. The molecule has 0 bridgehead atoms. The summed E-state index contributed by atoms with van der Waals surface area (Å²) in [6.45, 7) is 0. The summed E-state index contributed by atoms with van der Waals surface area (Å²) in [7, 11) is 0. The van der Waals surface area contributed by atoms with Crippen LogP contribution < -0.4 is 5.73 Å². The maximum atomic E-state index is 7.31. The Bertz CT molecular complexity index is 475. The number of rotatable bonds is 1. The van der Waals surface area contributed by atoms with Crippen molar-refractivity contribution >= 4 is 28.4 Å². The molecule has 0 fully saturated rings. The minimum absolute atomic E-state index is 0.0394. The number of halogens is 1. The van der Waals surface area contributed by atoms with Gasteiger partial charge in [-0.3, -0.25) is 5.41 Å². The SMILES string of the molecule is N=C(N)c1cc(Cl)cc2ccoc12. The third-order valence-corrected chi connectivity index (χ3v) is 2.02. The topological polar surface area (TPSA) is 63.0 Å². The monoisotopic (exact) mass is 194 g/mol. The van der Waals surface area contributed by atoms with E-state index in [1.54, 1.807) is 24.5 Å². The van der Waals surface area contributed by atoms with E-state index in [9.17, 15) is 0 Å². The fourth-order valence-electron chi connectivity index (χ4n) is 1.25. The van der Waals surface area contributed by atoms with Crippen LogP contribution in [0.15, 0.2) is 28.9 Å². The van der Waals surface area contributed by atoms with Gasteiger partial charge in [0.05, 0.1) is 11.8 Å². The molecule has 1 heterocycles. The van der Waals surface area contributed by atoms with Gasteiger partial charge in [-0.2, -0.15) is 0 Å². The molecule has 1 aromatic heterocycles. The number of furan rings is 1. The highest BCUT2D eigenvalue weighted by Crippen LogP contribution is 2.24. The molecule has 3 N–H and O–H groups in total. The molecule has 2 rings (SSSR count). The van der Waals surface area contributed by atoms with Crippen LogP contribution >= 0.6 is 11.6 Å². The predicted octanol–water partition coefficient (Wildman–Crippen LogP) is 2.37. The summed E-state index contributed by atoms with van der Waals surface area (Å²) in [5.41, 5.74) is 6.52. The maximum Gasteiger partial charge on any atom is 0.144 e. The Morgan fingerprint density at radius 1 is 1.46 bits per heavy atom. The standard InChI is InChI=1S/C9H7ClN2O/c10-6-3-5-1-2-13-8(5)7(4-6)9(11)12/h1-4H,(H3,11,12). The molecule has 0 aliphatic rings. The third kappa shape index (κ3) is 1.27. The molecule has 66 valence electrons. The molecule has 0 aliphatic carbocycles. The lowest BCUT2D eigenvalue weighted by molar-refractivity contribution is 0.615. The van der Waals surface area contributed by atoms with Gasteiger partial charge in [-0.1, -0.05) is 11.6 Å². The van der Waals surface area contributed by atoms with Crippen molar-refractivity contribution in [1.29, 1.82) is 5.41 Å². The number of nitrogens with two attached hydrogens (primary N) is 1. The highest BCUT2D eigenvalue weighted by Gasteiger charge is 2.08. The molecule has 0 saturated heterocycles. The highest BCUT2D eigenvalue weighted by atomic mass is 35.5. The molecule has 4 heteroatoms. The number of amidine groups is 1. The number of nitrogens with one attached hydrogen (secondary N) is 1. The largest absolute Gasteiger partial charge is 0.464 e. The zero-order chi connectivity index (χ0) is 9.42. The van der Waals surface area contributed by atoms with Gasteiger partial charge >= 0.3 is 0 Å². The molecule has 0 amide bonds. The Morgan fingerprint density at radius 2 is 2.23 bits per heavy atom. The third-order valence-electron chi connectivity index (χ3n) is 1.81. The Hall–Kier alpha value is -1.48. The fourth-order valence-corrected chi connectivity index (χ4v) is 1.47. The summed E-state index contributed by atoms with van der Waals surface area (Å²) < 4.78 is 5.19. The van der Waals surface area contributed by atoms with Crippen LogP contribution in [0.25, 0.3) is 11.0 Å². The molecule has 0 aliphatic heterocycles. The van der Waals surface area contributed by atoms with E-state index in [-0.39, 0.29) is 5.84 Å². The van der Waals surface area contributed by atoms with Gasteiger partial charge in [-0.15, -0.1) is 0 Å². The lowest BCUT2D eigenvalue weighted by Gasteiger charge is -1.99. The van der Waals surface area contributed by atoms with E-state index in [1.165, 1.54) is 0 Å². The number of hydrogen-bond donors (Lipinski definition) is 2. The molecular weight excluding hydrogens is 188 g/mol. The molecule has 0 saturated carbocycles. The first-order valence-corrected chi connectivity index (χ1v) is 4.07. The normalized spacial score (nSPS) is 10.5. The molecule has 0 radical (unpaired) electrons. The molecule has 0 spiro atoms. The lowest BCUT2D eigenvalue weighted by Crippen LogP contribution is -2.11. The zero-order valence-electron chi connectivity index (χ0n) is 6.67. The molecule has 13 heavy (non-hydrogen) atoms. The molecule has 2 aromatic rings. The van der Waals surface area contributed by atoms with E-state index in [1.807, 2.05) is 0 Å². The molecule has 0 unspecified atom stereocenters. The van der Waals surface area contributed by atoms with Crippen molar-refractivity contribution in [2.45, 2.75) is 0 Å². The van der Waals surface area contributed by atoms with Crippen LogP contribution in [0.4, 0.5) is 0 Å². The summed E-state index contributed by atoms with van der Waals surface area (Å²) in [5.74, 6) is -0.0394. The van der Waals surface area contributed by atoms with E-state index < -0.39 is 0 Å². The van der Waals surface area contributed by atoms with Gasteiger partial charge in [-0.25, -0.2) is 0 Å². The van der Waals surface area contributed by atoms with Gasteiger partial charge in [0.25, 0.3) is 0 Å². The van der Waals surface area contributed by atoms with Crippen molar-refractivity contribution in [3.8, 4) is 0 Å². The van der Waals surface area contributed by atoms with Gasteiger partial charge in [0.15, 0.2) is 0 Å². The van der Waals surface area contributed by atoms with Gasteiger partial charge in [-0.05, 0) is 18.2 Å². The van der Waals surface area contributed by atoms with Gasteiger partial charge in [0.2, 0.25) is 0 Å². The van der Waals surface area contributed by atoms with Gasteiger partial charge in [0.1, 0.15) is 11.4 Å². The predicted molar refractivity (Wildman–Crippen MR) is 52.2 cm³/mol. The molecule has 0 atom stereocenters. The zero-order valence-corrected chi connectivity index (χ0v) is 7.43. The van der Waals surface area contributed by atoms with E-state index in [0.29, 0.717) is 16.2 Å². The summed E-state index contributed by atoms with van der Waals surface area (Å²) >= 11 is 5.83. The first-order chi connectivity index (χ1) is 6.18. The second-order valence-electron chi connectivity index (χ2n) is 2.71. The van der Waals surface area contributed by atoms with Crippen LogP contribution in [0.2, 0.25) is 5.02 Å². The van der Waals surface area contributed by atoms with Crippen LogP contribution in [0.5, 0.6) is 0 Å². The lowest BCUT2D eigenvalue weighted by atomic mass is 10.1. The summed E-state index contributed by atoms with van der Waals surface area (Å²) in [5, 5.41) is 8.73. The summed E-state index contributed by atoms with van der Waals surface area (Å²) in [6, 6.07) is 5.18. The Balaban J connectivity index is 2.84. The van der Waals surface area contributed by atoms with Crippen LogP contribution in [0, 0.1) is 5.41 Å².